The zero-order chi connectivity index (χ0) is 16.9. The van der Waals surface area contributed by atoms with Crippen LogP contribution in [-0.4, -0.2) is 28.1 Å². The number of benzene rings is 2. The Morgan fingerprint density at radius 3 is 2.25 bits per heavy atom. The molecule has 0 spiro atoms. The zero-order valence-corrected chi connectivity index (χ0v) is 13.2. The Labute approximate surface area is 140 Å². The molecule has 2 atom stereocenters. The normalized spacial score (nSPS) is 19.9. The number of hydrogen-bond acceptors (Lipinski definition) is 3. The van der Waals surface area contributed by atoms with E-state index in [-0.39, 0.29) is 12.6 Å². The molecule has 2 aromatic carbocycles. The van der Waals surface area contributed by atoms with E-state index < -0.39 is 18.1 Å². The molecule has 0 saturated carbocycles. The number of hydrogen-bond donors (Lipinski definition) is 1. The van der Waals surface area contributed by atoms with Gasteiger partial charge in [-0.3, -0.25) is 4.90 Å². The molecule has 5 nitrogen and oxygen atoms in total. The lowest BCUT2D eigenvalue weighted by molar-refractivity contribution is -0.142. The number of carbonyl (C=O) groups is 2. The van der Waals surface area contributed by atoms with Gasteiger partial charge in [0.15, 0.2) is 0 Å². The average molecular weight is 325 g/mol. The predicted octanol–water partition coefficient (Wildman–Crippen LogP) is 3.61. The molecule has 1 aliphatic heterocycles. The molecule has 1 saturated heterocycles. The van der Waals surface area contributed by atoms with Crippen molar-refractivity contribution < 1.29 is 19.4 Å². The molecule has 3 rings (SSSR count). The first-order valence-corrected chi connectivity index (χ1v) is 7.93. The standard InChI is InChI=1S/C19H19NO4/c21-18(22)17-12-11-16(15-9-5-2-6-10-15)20(17)19(23)24-13-14-7-3-1-4-8-14/h1-10,16-17H,11-13H2,(H,21,22)/t16-,17+/m1/s1. The van der Waals surface area contributed by atoms with Gasteiger partial charge in [0.05, 0.1) is 6.04 Å². The van der Waals surface area contributed by atoms with Crippen molar-refractivity contribution in [2.75, 3.05) is 0 Å². The summed E-state index contributed by atoms with van der Waals surface area (Å²) in [5.41, 5.74) is 1.80. The van der Waals surface area contributed by atoms with E-state index in [0.717, 1.165) is 11.1 Å². The van der Waals surface area contributed by atoms with Gasteiger partial charge in [0.2, 0.25) is 0 Å². The highest BCUT2D eigenvalue weighted by molar-refractivity contribution is 5.81. The fraction of sp³-hybridized carbons (Fsp3) is 0.263. The van der Waals surface area contributed by atoms with E-state index in [2.05, 4.69) is 0 Å². The highest BCUT2D eigenvalue weighted by Gasteiger charge is 2.42. The third-order valence-corrected chi connectivity index (χ3v) is 4.27. The topological polar surface area (TPSA) is 66.8 Å². The van der Waals surface area contributed by atoms with Gasteiger partial charge in [-0.05, 0) is 24.0 Å². The molecule has 5 heteroatoms. The highest BCUT2D eigenvalue weighted by Crippen LogP contribution is 2.36. The van der Waals surface area contributed by atoms with Gasteiger partial charge < -0.3 is 9.84 Å². The quantitative estimate of drug-likeness (QED) is 0.932. The van der Waals surface area contributed by atoms with Crippen LogP contribution in [0.1, 0.15) is 30.0 Å². The van der Waals surface area contributed by atoms with Crippen LogP contribution < -0.4 is 0 Å². The fourth-order valence-electron chi connectivity index (χ4n) is 3.10. The Kier molecular flexibility index (Phi) is 4.79. The largest absolute Gasteiger partial charge is 0.480 e. The van der Waals surface area contributed by atoms with Crippen molar-refractivity contribution in [1.29, 1.82) is 0 Å². The molecule has 1 heterocycles. The van der Waals surface area contributed by atoms with Gasteiger partial charge in [-0.1, -0.05) is 60.7 Å². The Morgan fingerprint density at radius 1 is 1.00 bits per heavy atom. The van der Waals surface area contributed by atoms with Gasteiger partial charge in [0.25, 0.3) is 0 Å². The molecule has 124 valence electrons. The van der Waals surface area contributed by atoms with E-state index in [1.165, 1.54) is 4.90 Å². The van der Waals surface area contributed by atoms with Crippen molar-refractivity contribution in [1.82, 2.24) is 4.90 Å². The summed E-state index contributed by atoms with van der Waals surface area (Å²) in [4.78, 5) is 25.4. The van der Waals surface area contributed by atoms with E-state index >= 15 is 0 Å². The Bertz CT molecular complexity index is 702. The summed E-state index contributed by atoms with van der Waals surface area (Å²) in [6, 6.07) is 17.7. The fourth-order valence-corrected chi connectivity index (χ4v) is 3.10. The van der Waals surface area contributed by atoms with Crippen molar-refractivity contribution >= 4 is 12.1 Å². The number of carboxylic acid groups (broad SMARTS) is 1. The smallest absolute Gasteiger partial charge is 0.411 e. The number of aliphatic carboxylic acids is 1. The first kappa shape index (κ1) is 16.1. The van der Waals surface area contributed by atoms with Crippen LogP contribution >= 0.6 is 0 Å². The summed E-state index contributed by atoms with van der Waals surface area (Å²) < 4.78 is 5.37. The van der Waals surface area contributed by atoms with Crippen LogP contribution in [0.2, 0.25) is 0 Å². The predicted molar refractivity (Wildman–Crippen MR) is 88.3 cm³/mol. The molecule has 0 aliphatic carbocycles. The lowest BCUT2D eigenvalue weighted by Gasteiger charge is -2.27. The molecular formula is C19H19NO4. The highest BCUT2D eigenvalue weighted by atomic mass is 16.6. The molecule has 1 amide bonds. The van der Waals surface area contributed by atoms with Gasteiger partial charge >= 0.3 is 12.1 Å². The lowest BCUT2D eigenvalue weighted by atomic mass is 10.1. The maximum atomic E-state index is 12.6. The van der Waals surface area contributed by atoms with Crippen molar-refractivity contribution in [3.63, 3.8) is 0 Å². The van der Waals surface area contributed by atoms with Gasteiger partial charge in [-0.25, -0.2) is 9.59 Å². The number of nitrogens with zero attached hydrogens (tertiary/aromatic N) is 1. The second kappa shape index (κ2) is 7.17. The average Bonchev–Trinajstić information content (AvgIpc) is 3.07. The van der Waals surface area contributed by atoms with Crippen molar-refractivity contribution in [3.8, 4) is 0 Å². The number of ether oxygens (including phenoxy) is 1. The minimum atomic E-state index is -0.995. The number of amides is 1. The second-order valence-corrected chi connectivity index (χ2v) is 5.81. The first-order valence-electron chi connectivity index (χ1n) is 7.93. The Balaban J connectivity index is 1.77. The maximum Gasteiger partial charge on any atom is 0.411 e. The lowest BCUT2D eigenvalue weighted by Crippen LogP contribution is -2.42. The van der Waals surface area contributed by atoms with Crippen LogP contribution in [0.15, 0.2) is 60.7 Å². The molecule has 0 unspecified atom stereocenters. The molecule has 0 aromatic heterocycles. The molecule has 1 aliphatic rings. The minimum absolute atomic E-state index is 0.129. The SMILES string of the molecule is O=C(O)[C@@H]1CC[C@H](c2ccccc2)N1C(=O)OCc1ccccc1. The van der Waals surface area contributed by atoms with Gasteiger partial charge in [-0.15, -0.1) is 0 Å². The number of carboxylic acids is 1. The first-order chi connectivity index (χ1) is 11.7. The third-order valence-electron chi connectivity index (χ3n) is 4.27. The van der Waals surface area contributed by atoms with Crippen molar-refractivity contribution in [3.05, 3.63) is 71.8 Å². The van der Waals surface area contributed by atoms with Crippen LogP contribution in [0.3, 0.4) is 0 Å². The van der Waals surface area contributed by atoms with Crippen LogP contribution in [0.25, 0.3) is 0 Å². The summed E-state index contributed by atoms with van der Waals surface area (Å²) in [5, 5.41) is 9.43. The van der Waals surface area contributed by atoms with E-state index in [1.54, 1.807) is 0 Å². The molecular weight excluding hydrogens is 306 g/mol. The van der Waals surface area contributed by atoms with Gasteiger partial charge in [0.1, 0.15) is 12.6 Å². The van der Waals surface area contributed by atoms with Gasteiger partial charge in [-0.2, -0.15) is 0 Å². The van der Waals surface area contributed by atoms with Gasteiger partial charge in [0, 0.05) is 0 Å². The van der Waals surface area contributed by atoms with E-state index in [1.807, 2.05) is 60.7 Å². The van der Waals surface area contributed by atoms with Crippen LogP contribution in [-0.2, 0) is 16.1 Å². The monoisotopic (exact) mass is 325 g/mol. The van der Waals surface area contributed by atoms with Crippen LogP contribution in [0.4, 0.5) is 4.79 Å². The summed E-state index contributed by atoms with van der Waals surface area (Å²) in [5.74, 6) is -0.995. The molecule has 0 radical (unpaired) electrons. The molecule has 24 heavy (non-hydrogen) atoms. The summed E-state index contributed by atoms with van der Waals surface area (Å²) in [7, 11) is 0. The van der Waals surface area contributed by atoms with E-state index in [9.17, 15) is 14.7 Å². The second-order valence-electron chi connectivity index (χ2n) is 5.81. The molecule has 1 fully saturated rings. The zero-order valence-electron chi connectivity index (χ0n) is 13.2. The maximum absolute atomic E-state index is 12.6. The molecule has 1 N–H and O–H groups in total. The van der Waals surface area contributed by atoms with Crippen molar-refractivity contribution in [2.24, 2.45) is 0 Å². The molecule has 0 bridgehead atoms. The molecule has 2 aromatic rings. The summed E-state index contributed by atoms with van der Waals surface area (Å²) in [6.07, 6.45) is 0.453. The number of rotatable bonds is 4. The Hall–Kier alpha value is -2.82. The number of carbonyl (C=O) groups excluding carboxylic acids is 1. The number of likely N-dealkylation sites (tertiary alicyclic amines) is 1. The third kappa shape index (κ3) is 3.40. The van der Waals surface area contributed by atoms with Crippen LogP contribution in [0, 0.1) is 0 Å². The summed E-state index contributed by atoms with van der Waals surface area (Å²) in [6.45, 7) is 0.129. The van der Waals surface area contributed by atoms with E-state index in [4.69, 9.17) is 4.74 Å². The van der Waals surface area contributed by atoms with E-state index in [0.29, 0.717) is 12.8 Å². The minimum Gasteiger partial charge on any atom is -0.480 e. The van der Waals surface area contributed by atoms with Crippen LogP contribution in [0.5, 0.6) is 0 Å². The van der Waals surface area contributed by atoms with Crippen molar-refractivity contribution in [2.45, 2.75) is 31.5 Å². The summed E-state index contributed by atoms with van der Waals surface area (Å²) >= 11 is 0. The Morgan fingerprint density at radius 2 is 1.62 bits per heavy atom.